The van der Waals surface area contributed by atoms with E-state index in [1.165, 1.54) is 18.2 Å². The minimum atomic E-state index is -0.366. The highest BCUT2D eigenvalue weighted by molar-refractivity contribution is 5.84. The molecule has 1 fully saturated rings. The molecule has 0 aromatic heterocycles. The smallest absolute Gasteiger partial charge is 0.119 e. The zero-order valence-corrected chi connectivity index (χ0v) is 12.0. The zero-order chi connectivity index (χ0) is 14.2. The van der Waals surface area contributed by atoms with Crippen LogP contribution in [0.3, 0.4) is 0 Å². The first-order valence-electron chi connectivity index (χ1n) is 7.11. The lowest BCUT2D eigenvalue weighted by Gasteiger charge is -2.30. The second-order valence-corrected chi connectivity index (χ2v) is 5.84. The standard InChI is InChI=1S/C17H21NO2/c1-17(11-19,18-15-6-7-15)14-5-3-13-10-16(20-2)8-4-12(13)9-14/h3-5,8-10,15,18-19H,6-7,11H2,1-2H3. The van der Waals surface area contributed by atoms with Crippen LogP contribution in [-0.2, 0) is 5.54 Å². The van der Waals surface area contributed by atoms with Gasteiger partial charge in [0.2, 0.25) is 0 Å². The number of aliphatic hydroxyl groups excluding tert-OH is 1. The highest BCUT2D eigenvalue weighted by Gasteiger charge is 2.33. The van der Waals surface area contributed by atoms with E-state index < -0.39 is 0 Å². The van der Waals surface area contributed by atoms with Crippen molar-refractivity contribution in [3.63, 3.8) is 0 Å². The molecule has 0 spiro atoms. The molecule has 0 heterocycles. The van der Waals surface area contributed by atoms with E-state index in [-0.39, 0.29) is 12.1 Å². The van der Waals surface area contributed by atoms with Crippen LogP contribution in [0.4, 0.5) is 0 Å². The van der Waals surface area contributed by atoms with Gasteiger partial charge in [0.05, 0.1) is 19.3 Å². The second-order valence-electron chi connectivity index (χ2n) is 5.84. The molecule has 1 aliphatic rings. The van der Waals surface area contributed by atoms with Gasteiger partial charge >= 0.3 is 0 Å². The van der Waals surface area contributed by atoms with Crippen molar-refractivity contribution in [2.75, 3.05) is 13.7 Å². The summed E-state index contributed by atoms with van der Waals surface area (Å²) in [5.74, 6) is 0.867. The van der Waals surface area contributed by atoms with E-state index in [1.54, 1.807) is 7.11 Å². The van der Waals surface area contributed by atoms with Gasteiger partial charge < -0.3 is 15.2 Å². The Hall–Kier alpha value is -1.58. The lowest BCUT2D eigenvalue weighted by atomic mass is 9.90. The molecule has 0 radical (unpaired) electrons. The summed E-state index contributed by atoms with van der Waals surface area (Å²) in [4.78, 5) is 0. The maximum atomic E-state index is 9.79. The molecule has 3 rings (SSSR count). The van der Waals surface area contributed by atoms with E-state index in [2.05, 4.69) is 36.5 Å². The molecule has 1 unspecified atom stereocenters. The minimum absolute atomic E-state index is 0.102. The number of hydrogen-bond donors (Lipinski definition) is 2. The third kappa shape index (κ3) is 2.51. The fourth-order valence-electron chi connectivity index (χ4n) is 2.59. The van der Waals surface area contributed by atoms with E-state index in [4.69, 9.17) is 4.74 Å². The van der Waals surface area contributed by atoms with Gasteiger partial charge in [-0.3, -0.25) is 0 Å². The van der Waals surface area contributed by atoms with Gasteiger partial charge in [-0.25, -0.2) is 0 Å². The summed E-state index contributed by atoms with van der Waals surface area (Å²) < 4.78 is 5.25. The fourth-order valence-corrected chi connectivity index (χ4v) is 2.59. The topological polar surface area (TPSA) is 41.5 Å². The quantitative estimate of drug-likeness (QED) is 0.878. The first kappa shape index (κ1) is 13.4. The Balaban J connectivity index is 1.98. The van der Waals surface area contributed by atoms with Crippen LogP contribution in [0.15, 0.2) is 36.4 Å². The van der Waals surface area contributed by atoms with Crippen LogP contribution in [0.2, 0.25) is 0 Å². The van der Waals surface area contributed by atoms with Crippen LogP contribution >= 0.6 is 0 Å². The number of aliphatic hydroxyl groups is 1. The van der Waals surface area contributed by atoms with Crippen molar-refractivity contribution in [3.8, 4) is 5.75 Å². The first-order chi connectivity index (χ1) is 9.64. The summed E-state index contributed by atoms with van der Waals surface area (Å²) in [6.07, 6.45) is 2.42. The second kappa shape index (κ2) is 5.08. The van der Waals surface area contributed by atoms with E-state index >= 15 is 0 Å². The predicted molar refractivity (Wildman–Crippen MR) is 81.1 cm³/mol. The van der Waals surface area contributed by atoms with Gasteiger partial charge in [-0.05, 0) is 54.3 Å². The largest absolute Gasteiger partial charge is 0.497 e. The average Bonchev–Trinajstić information content (AvgIpc) is 3.29. The molecule has 3 heteroatoms. The maximum Gasteiger partial charge on any atom is 0.119 e. The molecular weight excluding hydrogens is 250 g/mol. The number of nitrogens with one attached hydrogen (secondary N) is 1. The van der Waals surface area contributed by atoms with Gasteiger partial charge in [-0.2, -0.15) is 0 Å². The Morgan fingerprint density at radius 2 is 1.90 bits per heavy atom. The molecule has 3 nitrogen and oxygen atoms in total. The lowest BCUT2D eigenvalue weighted by Crippen LogP contribution is -2.44. The van der Waals surface area contributed by atoms with Crippen molar-refractivity contribution in [3.05, 3.63) is 42.0 Å². The van der Waals surface area contributed by atoms with E-state index in [1.807, 2.05) is 12.1 Å². The van der Waals surface area contributed by atoms with Crippen LogP contribution in [0.1, 0.15) is 25.3 Å². The molecule has 2 aromatic carbocycles. The van der Waals surface area contributed by atoms with Gasteiger partial charge in [0, 0.05) is 6.04 Å². The van der Waals surface area contributed by atoms with Crippen LogP contribution in [-0.4, -0.2) is 24.9 Å². The van der Waals surface area contributed by atoms with Crippen molar-refractivity contribution in [1.82, 2.24) is 5.32 Å². The molecule has 0 bridgehead atoms. The van der Waals surface area contributed by atoms with Gasteiger partial charge in [0.15, 0.2) is 0 Å². The summed E-state index contributed by atoms with van der Waals surface area (Å²) in [5.41, 5.74) is 0.763. The summed E-state index contributed by atoms with van der Waals surface area (Å²) in [6, 6.07) is 13.0. The molecule has 0 aliphatic heterocycles. The molecule has 106 valence electrons. The molecule has 1 atom stereocenters. The average molecular weight is 271 g/mol. The molecule has 1 saturated carbocycles. The van der Waals surface area contributed by atoms with Crippen LogP contribution < -0.4 is 10.1 Å². The van der Waals surface area contributed by atoms with E-state index in [9.17, 15) is 5.11 Å². The van der Waals surface area contributed by atoms with Crippen LogP contribution in [0.5, 0.6) is 5.75 Å². The van der Waals surface area contributed by atoms with Crippen molar-refractivity contribution >= 4 is 10.8 Å². The van der Waals surface area contributed by atoms with Crippen molar-refractivity contribution in [1.29, 1.82) is 0 Å². The number of fused-ring (bicyclic) bond motifs is 1. The fraction of sp³-hybridized carbons (Fsp3) is 0.412. The lowest BCUT2D eigenvalue weighted by molar-refractivity contribution is 0.173. The van der Waals surface area contributed by atoms with Gasteiger partial charge in [0.25, 0.3) is 0 Å². The Morgan fingerprint density at radius 1 is 1.20 bits per heavy atom. The Labute approximate surface area is 119 Å². The van der Waals surface area contributed by atoms with Crippen molar-refractivity contribution in [2.24, 2.45) is 0 Å². The zero-order valence-electron chi connectivity index (χ0n) is 12.0. The predicted octanol–water partition coefficient (Wildman–Crippen LogP) is 2.81. The minimum Gasteiger partial charge on any atom is -0.497 e. The Kier molecular flexibility index (Phi) is 3.40. The number of ether oxygens (including phenoxy) is 1. The van der Waals surface area contributed by atoms with Crippen LogP contribution in [0, 0.1) is 0 Å². The number of benzene rings is 2. The number of hydrogen-bond acceptors (Lipinski definition) is 3. The Morgan fingerprint density at radius 3 is 2.55 bits per heavy atom. The number of rotatable bonds is 5. The highest BCUT2D eigenvalue weighted by atomic mass is 16.5. The summed E-state index contributed by atoms with van der Waals surface area (Å²) in [7, 11) is 1.68. The summed E-state index contributed by atoms with van der Waals surface area (Å²) in [5, 5.41) is 15.7. The third-order valence-electron chi connectivity index (χ3n) is 4.10. The third-order valence-corrected chi connectivity index (χ3v) is 4.10. The monoisotopic (exact) mass is 271 g/mol. The van der Waals surface area contributed by atoms with Crippen molar-refractivity contribution in [2.45, 2.75) is 31.3 Å². The van der Waals surface area contributed by atoms with Gasteiger partial charge in [-0.15, -0.1) is 0 Å². The summed E-state index contributed by atoms with van der Waals surface area (Å²) in [6.45, 7) is 2.17. The first-order valence-corrected chi connectivity index (χ1v) is 7.11. The molecule has 20 heavy (non-hydrogen) atoms. The molecular formula is C17H21NO2. The number of methoxy groups -OCH3 is 1. The van der Waals surface area contributed by atoms with Gasteiger partial charge in [-0.1, -0.05) is 18.2 Å². The van der Waals surface area contributed by atoms with Gasteiger partial charge in [0.1, 0.15) is 5.75 Å². The van der Waals surface area contributed by atoms with E-state index in [0.29, 0.717) is 6.04 Å². The normalized spacial score (nSPS) is 17.9. The van der Waals surface area contributed by atoms with Crippen LogP contribution in [0.25, 0.3) is 10.8 Å². The highest BCUT2D eigenvalue weighted by Crippen LogP contribution is 2.30. The summed E-state index contributed by atoms with van der Waals surface area (Å²) >= 11 is 0. The van der Waals surface area contributed by atoms with E-state index in [0.717, 1.165) is 16.7 Å². The van der Waals surface area contributed by atoms with Crippen molar-refractivity contribution < 1.29 is 9.84 Å². The molecule has 0 saturated heterocycles. The molecule has 1 aliphatic carbocycles. The molecule has 0 amide bonds. The maximum absolute atomic E-state index is 9.79. The SMILES string of the molecule is COc1ccc2cc(C(C)(CO)NC3CC3)ccc2c1. The molecule has 2 aromatic rings. The molecule has 2 N–H and O–H groups in total. The Bertz CT molecular complexity index is 621.